The van der Waals surface area contributed by atoms with Crippen LogP contribution in [0.1, 0.15) is 71.6 Å². The molecule has 0 aromatic rings. The van der Waals surface area contributed by atoms with Crippen molar-refractivity contribution in [2.75, 3.05) is 0 Å². The summed E-state index contributed by atoms with van der Waals surface area (Å²) >= 11 is 0. The lowest BCUT2D eigenvalue weighted by Gasteiger charge is -2.61. The largest absolute Gasteiger partial charge is 0.393 e. The Bertz CT molecular complexity index is 536. The predicted octanol–water partition coefficient (Wildman–Crippen LogP) is 3.75. The highest BCUT2D eigenvalue weighted by molar-refractivity contribution is 5.16. The molecule has 4 saturated carbocycles. The quantitative estimate of drug-likeness (QED) is 0.668. The zero-order valence-corrected chi connectivity index (χ0v) is 14.7. The predicted molar refractivity (Wildman–Crippen MR) is 91.5 cm³/mol. The molecule has 4 aliphatic carbocycles. The highest BCUT2D eigenvalue weighted by Crippen LogP contribution is 2.66. The van der Waals surface area contributed by atoms with Crippen molar-refractivity contribution in [3.8, 4) is 12.3 Å². The first-order valence-corrected chi connectivity index (χ1v) is 9.71. The second-order valence-electron chi connectivity index (χ2n) is 9.67. The van der Waals surface area contributed by atoms with Crippen molar-refractivity contribution < 1.29 is 10.2 Å². The second kappa shape index (κ2) is 4.99. The smallest absolute Gasteiger partial charge is 0.125 e. The Kier molecular flexibility index (Phi) is 3.47. The summed E-state index contributed by atoms with van der Waals surface area (Å²) < 4.78 is 0. The first-order chi connectivity index (χ1) is 10.8. The molecule has 4 rings (SSSR count). The highest BCUT2D eigenvalue weighted by atomic mass is 16.3. The van der Waals surface area contributed by atoms with Crippen molar-refractivity contribution in [3.05, 3.63) is 0 Å². The summed E-state index contributed by atoms with van der Waals surface area (Å²) in [6, 6.07) is 0. The van der Waals surface area contributed by atoms with Gasteiger partial charge < -0.3 is 10.2 Å². The first-order valence-electron chi connectivity index (χ1n) is 9.71. The number of fused-ring (bicyclic) bond motifs is 5. The zero-order chi connectivity index (χ0) is 16.5. The minimum atomic E-state index is -0.857. The van der Waals surface area contributed by atoms with Crippen LogP contribution in [0.2, 0.25) is 0 Å². The molecule has 0 heterocycles. The molecular formula is C21H32O2. The summed E-state index contributed by atoms with van der Waals surface area (Å²) in [7, 11) is 0. The summed E-state index contributed by atoms with van der Waals surface area (Å²) in [5, 5.41) is 21.1. The molecule has 128 valence electrons. The van der Waals surface area contributed by atoms with Crippen LogP contribution in [0.3, 0.4) is 0 Å². The van der Waals surface area contributed by atoms with E-state index in [1.807, 2.05) is 0 Å². The molecule has 0 aliphatic heterocycles. The topological polar surface area (TPSA) is 40.5 Å². The minimum Gasteiger partial charge on any atom is -0.393 e. The lowest BCUT2D eigenvalue weighted by Crippen LogP contribution is -2.56. The molecule has 0 radical (unpaired) electrons. The summed E-state index contributed by atoms with van der Waals surface area (Å²) in [6.45, 7) is 4.83. The fraction of sp³-hybridized carbons (Fsp3) is 0.905. The molecule has 2 heteroatoms. The van der Waals surface area contributed by atoms with Gasteiger partial charge in [-0.15, -0.1) is 6.42 Å². The Hall–Kier alpha value is -0.520. The molecule has 0 bridgehead atoms. The number of aliphatic hydroxyl groups excluding tert-OH is 1. The molecule has 0 spiro atoms. The van der Waals surface area contributed by atoms with Crippen LogP contribution in [0.15, 0.2) is 0 Å². The molecule has 8 atom stereocenters. The van der Waals surface area contributed by atoms with Gasteiger partial charge in [-0.05, 0) is 92.3 Å². The molecule has 0 aromatic heterocycles. The Morgan fingerprint density at radius 3 is 2.39 bits per heavy atom. The Labute approximate surface area is 141 Å². The van der Waals surface area contributed by atoms with Gasteiger partial charge in [-0.1, -0.05) is 19.8 Å². The Morgan fingerprint density at radius 1 is 0.913 bits per heavy atom. The molecule has 4 fully saturated rings. The van der Waals surface area contributed by atoms with Crippen LogP contribution in [-0.4, -0.2) is 21.9 Å². The van der Waals surface area contributed by atoms with Gasteiger partial charge in [0.1, 0.15) is 5.60 Å². The van der Waals surface area contributed by atoms with Gasteiger partial charge in [0.05, 0.1) is 6.10 Å². The average Bonchev–Trinajstić information content (AvgIpc) is 2.84. The van der Waals surface area contributed by atoms with Crippen molar-refractivity contribution in [2.24, 2.45) is 34.5 Å². The fourth-order valence-electron chi connectivity index (χ4n) is 7.35. The zero-order valence-electron chi connectivity index (χ0n) is 14.7. The maximum atomic E-state index is 10.6. The van der Waals surface area contributed by atoms with E-state index in [4.69, 9.17) is 6.42 Å². The molecule has 2 N–H and O–H groups in total. The number of hydrogen-bond donors (Lipinski definition) is 2. The van der Waals surface area contributed by atoms with E-state index >= 15 is 0 Å². The summed E-state index contributed by atoms with van der Waals surface area (Å²) in [4.78, 5) is 0. The van der Waals surface area contributed by atoms with Crippen molar-refractivity contribution in [2.45, 2.75) is 83.3 Å². The number of aliphatic hydroxyl groups is 2. The highest BCUT2D eigenvalue weighted by Gasteiger charge is 2.60. The van der Waals surface area contributed by atoms with Crippen LogP contribution >= 0.6 is 0 Å². The van der Waals surface area contributed by atoms with Gasteiger partial charge in [-0.3, -0.25) is 0 Å². The van der Waals surface area contributed by atoms with E-state index in [0.717, 1.165) is 37.5 Å². The van der Waals surface area contributed by atoms with Crippen molar-refractivity contribution in [3.63, 3.8) is 0 Å². The van der Waals surface area contributed by atoms with Crippen LogP contribution < -0.4 is 0 Å². The van der Waals surface area contributed by atoms with Gasteiger partial charge in [-0.25, -0.2) is 0 Å². The second-order valence-corrected chi connectivity index (χ2v) is 9.67. The standard InChI is InChI=1S/C21H32O2/c1-4-21(23)12-11-19(2)14(13-21)5-6-15-16-7-8-18(22)20(16,3)10-9-17(15)19/h1,14-18,22-23H,5-13H2,2-3H3/t14-,15-,16+,17+,18+,19-,20+,21+/m1/s1. The molecule has 0 unspecified atom stereocenters. The van der Waals surface area contributed by atoms with E-state index in [1.54, 1.807) is 0 Å². The SMILES string of the molecule is C#C[C@]1(O)CC[C@]2(C)[C@H](CC[C@H]3[C@@H]2CC[C@]2(C)[C@@H](O)CC[C@@H]32)C1. The average molecular weight is 316 g/mol. The Morgan fingerprint density at radius 2 is 1.65 bits per heavy atom. The monoisotopic (exact) mass is 316 g/mol. The molecule has 0 aromatic carbocycles. The van der Waals surface area contributed by atoms with Crippen LogP contribution in [-0.2, 0) is 0 Å². The van der Waals surface area contributed by atoms with E-state index in [0.29, 0.717) is 17.3 Å². The van der Waals surface area contributed by atoms with Crippen LogP contribution in [0.4, 0.5) is 0 Å². The summed E-state index contributed by atoms with van der Waals surface area (Å²) in [5.74, 6) is 5.51. The van der Waals surface area contributed by atoms with Crippen LogP contribution in [0.5, 0.6) is 0 Å². The third-order valence-electron chi connectivity index (χ3n) is 8.95. The van der Waals surface area contributed by atoms with Crippen LogP contribution in [0, 0.1) is 46.8 Å². The van der Waals surface area contributed by atoms with Gasteiger partial charge in [0.2, 0.25) is 0 Å². The maximum Gasteiger partial charge on any atom is 0.125 e. The van der Waals surface area contributed by atoms with Gasteiger partial charge in [0, 0.05) is 0 Å². The van der Waals surface area contributed by atoms with E-state index in [2.05, 4.69) is 19.8 Å². The lowest BCUT2D eigenvalue weighted by molar-refractivity contribution is -0.143. The molecule has 4 aliphatic rings. The third-order valence-corrected chi connectivity index (χ3v) is 8.95. The number of terminal acetylenes is 1. The Balaban J connectivity index is 1.61. The molecule has 2 nitrogen and oxygen atoms in total. The fourth-order valence-corrected chi connectivity index (χ4v) is 7.35. The first kappa shape index (κ1) is 16.0. The lowest BCUT2D eigenvalue weighted by atomic mass is 9.44. The van der Waals surface area contributed by atoms with Crippen molar-refractivity contribution >= 4 is 0 Å². The number of hydrogen-bond acceptors (Lipinski definition) is 2. The molecule has 23 heavy (non-hydrogen) atoms. The van der Waals surface area contributed by atoms with E-state index in [1.165, 1.54) is 32.1 Å². The summed E-state index contributed by atoms with van der Waals surface area (Å²) in [6.07, 6.45) is 15.3. The van der Waals surface area contributed by atoms with Gasteiger partial charge in [0.15, 0.2) is 0 Å². The molecular weight excluding hydrogens is 284 g/mol. The minimum absolute atomic E-state index is 0.0862. The number of rotatable bonds is 0. The van der Waals surface area contributed by atoms with Crippen molar-refractivity contribution in [1.29, 1.82) is 0 Å². The van der Waals surface area contributed by atoms with E-state index in [-0.39, 0.29) is 11.5 Å². The maximum absolute atomic E-state index is 10.6. The van der Waals surface area contributed by atoms with Gasteiger partial charge in [0.25, 0.3) is 0 Å². The summed E-state index contributed by atoms with van der Waals surface area (Å²) in [5.41, 5.74) is -0.344. The molecule has 0 amide bonds. The van der Waals surface area contributed by atoms with Gasteiger partial charge >= 0.3 is 0 Å². The van der Waals surface area contributed by atoms with E-state index < -0.39 is 5.60 Å². The van der Waals surface area contributed by atoms with Gasteiger partial charge in [-0.2, -0.15) is 0 Å². The van der Waals surface area contributed by atoms with Crippen LogP contribution in [0.25, 0.3) is 0 Å². The normalized spacial score (nSPS) is 58.7. The van der Waals surface area contributed by atoms with Crippen molar-refractivity contribution in [1.82, 2.24) is 0 Å². The van der Waals surface area contributed by atoms with E-state index in [9.17, 15) is 10.2 Å². The third kappa shape index (κ3) is 2.09. The molecule has 0 saturated heterocycles.